The van der Waals surface area contributed by atoms with Gasteiger partial charge < -0.3 is 22.5 Å². The van der Waals surface area contributed by atoms with Crippen LogP contribution in [0.25, 0.3) is 0 Å². The average Bonchev–Trinajstić information content (AvgIpc) is 2.27. The van der Waals surface area contributed by atoms with Gasteiger partial charge in [0, 0.05) is 30.2 Å². The van der Waals surface area contributed by atoms with Crippen molar-refractivity contribution in [3.05, 3.63) is 0 Å². The minimum absolute atomic E-state index is 0.178. The average molecular weight is 226 g/mol. The van der Waals surface area contributed by atoms with Gasteiger partial charge in [0.1, 0.15) is 0 Å². The van der Waals surface area contributed by atoms with Gasteiger partial charge in [-0.3, -0.25) is 0 Å². The van der Waals surface area contributed by atoms with Gasteiger partial charge in [-0.2, -0.15) is 0 Å². The number of rotatable bonds is 2. The first-order chi connectivity index (χ1) is 7.65. The van der Waals surface area contributed by atoms with Crippen LogP contribution in [-0.4, -0.2) is 30.2 Å². The molecule has 0 radical (unpaired) electrons. The summed E-state index contributed by atoms with van der Waals surface area (Å²) in [6.45, 7) is 0. The second-order valence-electron chi connectivity index (χ2n) is 5.62. The molecule has 94 valence electrons. The lowest BCUT2D eigenvalue weighted by molar-refractivity contribution is 0.252. The molecule has 0 heterocycles. The van der Waals surface area contributed by atoms with Crippen molar-refractivity contribution in [3.63, 3.8) is 0 Å². The van der Waals surface area contributed by atoms with Gasteiger partial charge in [0.15, 0.2) is 0 Å². The van der Waals surface area contributed by atoms with Gasteiger partial charge in [0.2, 0.25) is 0 Å². The summed E-state index contributed by atoms with van der Waals surface area (Å²) in [5, 5.41) is 3.74. The summed E-state index contributed by atoms with van der Waals surface area (Å²) in [6.07, 6.45) is 8.04. The molecule has 2 rings (SSSR count). The molecular formula is C12H26N4. The number of hydrogen-bond acceptors (Lipinski definition) is 4. The highest BCUT2D eigenvalue weighted by Crippen LogP contribution is 2.21. The van der Waals surface area contributed by atoms with E-state index in [1.807, 2.05) is 0 Å². The van der Waals surface area contributed by atoms with Crippen molar-refractivity contribution in [1.82, 2.24) is 5.32 Å². The number of nitrogens with two attached hydrogens (primary N) is 3. The molecule has 0 amide bonds. The highest BCUT2D eigenvalue weighted by Gasteiger charge is 2.28. The van der Waals surface area contributed by atoms with E-state index in [4.69, 9.17) is 17.2 Å². The first-order valence-corrected chi connectivity index (χ1v) is 6.68. The van der Waals surface area contributed by atoms with Crippen LogP contribution in [0.3, 0.4) is 0 Å². The van der Waals surface area contributed by atoms with Crippen LogP contribution in [0.5, 0.6) is 0 Å². The van der Waals surface area contributed by atoms with Gasteiger partial charge in [-0.1, -0.05) is 0 Å². The van der Waals surface area contributed by atoms with Gasteiger partial charge in [0.05, 0.1) is 0 Å². The molecule has 3 unspecified atom stereocenters. The normalized spacial score (nSPS) is 45.6. The predicted molar refractivity (Wildman–Crippen MR) is 67.0 cm³/mol. The zero-order valence-corrected chi connectivity index (χ0v) is 10.1. The molecule has 4 nitrogen and oxygen atoms in total. The van der Waals surface area contributed by atoms with Crippen LogP contribution < -0.4 is 22.5 Å². The number of nitrogens with one attached hydrogen (secondary N) is 1. The van der Waals surface area contributed by atoms with Gasteiger partial charge in [-0.05, 0) is 44.9 Å². The van der Waals surface area contributed by atoms with E-state index in [1.165, 1.54) is 19.3 Å². The van der Waals surface area contributed by atoms with Crippen LogP contribution in [0.1, 0.15) is 44.9 Å². The van der Waals surface area contributed by atoms with E-state index in [-0.39, 0.29) is 12.1 Å². The fraction of sp³-hybridized carbons (Fsp3) is 1.00. The second-order valence-corrected chi connectivity index (χ2v) is 5.62. The molecule has 0 saturated heterocycles. The Morgan fingerprint density at radius 1 is 0.688 bits per heavy atom. The summed E-state index contributed by atoms with van der Waals surface area (Å²) in [6, 6.07) is 2.05. The first-order valence-electron chi connectivity index (χ1n) is 6.68. The summed E-state index contributed by atoms with van der Waals surface area (Å²) in [7, 11) is 0. The maximum Gasteiger partial charge on any atom is 0.0207 e. The van der Waals surface area contributed by atoms with Crippen molar-refractivity contribution in [1.29, 1.82) is 0 Å². The van der Waals surface area contributed by atoms with E-state index in [0.717, 1.165) is 25.7 Å². The van der Waals surface area contributed by atoms with Gasteiger partial charge >= 0.3 is 0 Å². The Bertz CT molecular complexity index is 213. The molecule has 2 aliphatic carbocycles. The molecule has 4 heteroatoms. The van der Waals surface area contributed by atoms with Crippen molar-refractivity contribution in [2.45, 2.75) is 75.2 Å². The molecule has 2 fully saturated rings. The summed E-state index contributed by atoms with van der Waals surface area (Å²) < 4.78 is 0. The molecule has 2 aliphatic rings. The molecule has 0 bridgehead atoms. The van der Waals surface area contributed by atoms with Crippen LogP contribution in [0, 0.1) is 0 Å². The van der Waals surface area contributed by atoms with Crippen LogP contribution in [-0.2, 0) is 0 Å². The standard InChI is InChI=1S/C12H26N4/c13-8-1-3-9(4-2-8)16-10-5-6-11(14)12(15)7-10/h8-12,16H,1-7,13-15H2. The van der Waals surface area contributed by atoms with E-state index in [1.54, 1.807) is 0 Å². The maximum atomic E-state index is 6.01. The zero-order valence-electron chi connectivity index (χ0n) is 10.1. The van der Waals surface area contributed by atoms with Crippen LogP contribution in [0.2, 0.25) is 0 Å². The Balaban J connectivity index is 1.73. The summed E-state index contributed by atoms with van der Waals surface area (Å²) in [4.78, 5) is 0. The highest BCUT2D eigenvalue weighted by atomic mass is 15.0. The minimum Gasteiger partial charge on any atom is -0.328 e. The van der Waals surface area contributed by atoms with Crippen LogP contribution >= 0.6 is 0 Å². The minimum atomic E-state index is 0.178. The third kappa shape index (κ3) is 3.17. The Kier molecular flexibility index (Phi) is 4.19. The van der Waals surface area contributed by atoms with Crippen LogP contribution in [0.15, 0.2) is 0 Å². The molecule has 0 aliphatic heterocycles. The Labute approximate surface area is 98.3 Å². The molecule has 2 saturated carbocycles. The van der Waals surface area contributed by atoms with Gasteiger partial charge in [-0.15, -0.1) is 0 Å². The third-order valence-electron chi connectivity index (χ3n) is 4.20. The van der Waals surface area contributed by atoms with Crippen LogP contribution in [0.4, 0.5) is 0 Å². The van der Waals surface area contributed by atoms with E-state index < -0.39 is 0 Å². The molecule has 7 N–H and O–H groups in total. The summed E-state index contributed by atoms with van der Waals surface area (Å²) in [5.74, 6) is 0. The number of hydrogen-bond donors (Lipinski definition) is 4. The van der Waals surface area contributed by atoms with Crippen molar-refractivity contribution in [2.24, 2.45) is 17.2 Å². The monoisotopic (exact) mass is 226 g/mol. The Morgan fingerprint density at radius 3 is 1.94 bits per heavy atom. The SMILES string of the molecule is NC1CCC(NC2CCC(N)C(N)C2)CC1. The fourth-order valence-corrected chi connectivity index (χ4v) is 3.00. The smallest absolute Gasteiger partial charge is 0.0207 e. The lowest BCUT2D eigenvalue weighted by Gasteiger charge is -2.36. The fourth-order valence-electron chi connectivity index (χ4n) is 3.00. The van der Waals surface area contributed by atoms with Crippen molar-refractivity contribution < 1.29 is 0 Å². The second kappa shape index (κ2) is 5.45. The Hall–Kier alpha value is -0.160. The topological polar surface area (TPSA) is 90.1 Å². The van der Waals surface area contributed by atoms with Gasteiger partial charge in [0.25, 0.3) is 0 Å². The first kappa shape index (κ1) is 12.3. The largest absolute Gasteiger partial charge is 0.328 e. The van der Waals surface area contributed by atoms with Crippen molar-refractivity contribution in [3.8, 4) is 0 Å². The summed E-state index contributed by atoms with van der Waals surface area (Å²) in [5.41, 5.74) is 17.8. The van der Waals surface area contributed by atoms with Crippen molar-refractivity contribution >= 4 is 0 Å². The lowest BCUT2D eigenvalue weighted by atomic mass is 9.85. The highest BCUT2D eigenvalue weighted by molar-refractivity contribution is 4.90. The molecule has 0 aromatic carbocycles. The van der Waals surface area contributed by atoms with E-state index in [2.05, 4.69) is 5.32 Å². The molecule has 3 atom stereocenters. The summed E-state index contributed by atoms with van der Waals surface area (Å²) >= 11 is 0. The van der Waals surface area contributed by atoms with E-state index in [0.29, 0.717) is 18.1 Å². The third-order valence-corrected chi connectivity index (χ3v) is 4.20. The molecule has 0 aromatic rings. The lowest BCUT2D eigenvalue weighted by Crippen LogP contribution is -2.53. The molecular weight excluding hydrogens is 200 g/mol. The van der Waals surface area contributed by atoms with Gasteiger partial charge in [-0.25, -0.2) is 0 Å². The molecule has 0 aromatic heterocycles. The molecule has 0 spiro atoms. The Morgan fingerprint density at radius 2 is 1.31 bits per heavy atom. The molecule has 16 heavy (non-hydrogen) atoms. The quantitative estimate of drug-likeness (QED) is 0.536. The van der Waals surface area contributed by atoms with E-state index >= 15 is 0 Å². The van der Waals surface area contributed by atoms with Crippen molar-refractivity contribution in [2.75, 3.05) is 0 Å². The maximum absolute atomic E-state index is 6.01. The zero-order chi connectivity index (χ0) is 11.5. The van der Waals surface area contributed by atoms with E-state index in [9.17, 15) is 0 Å². The predicted octanol–water partition coefficient (Wildman–Crippen LogP) is 0.0530.